The lowest BCUT2D eigenvalue weighted by Gasteiger charge is -2.42. The van der Waals surface area contributed by atoms with Crippen LogP contribution in [0.5, 0.6) is 0 Å². The molecule has 0 radical (unpaired) electrons. The molecular weight excluding hydrogens is 375 g/mol. The molecule has 2 aromatic heterocycles. The summed E-state index contributed by atoms with van der Waals surface area (Å²) in [6.45, 7) is 3.26. The first-order chi connectivity index (χ1) is 11.8. The molecule has 0 aliphatic carbocycles. The summed E-state index contributed by atoms with van der Waals surface area (Å²) in [6.07, 6.45) is 11.0. The molecule has 2 aliphatic rings. The SMILES string of the molecule is Cl.Cl.O=C(N1CCCC(c2ncc[nH]2)C1)C1(n2cccn2)CCNCC1. The van der Waals surface area contributed by atoms with Crippen molar-refractivity contribution >= 4 is 30.7 Å². The zero-order chi connectivity index (χ0) is 16.4. The number of likely N-dealkylation sites (tertiary alicyclic amines) is 1. The van der Waals surface area contributed by atoms with Gasteiger partial charge in [0.25, 0.3) is 5.91 Å². The van der Waals surface area contributed by atoms with Gasteiger partial charge in [-0.1, -0.05) is 0 Å². The molecule has 2 saturated heterocycles. The molecule has 4 heterocycles. The lowest BCUT2D eigenvalue weighted by Crippen LogP contribution is -2.57. The number of carbonyl (C=O) groups is 1. The van der Waals surface area contributed by atoms with Crippen molar-refractivity contribution in [2.75, 3.05) is 26.2 Å². The van der Waals surface area contributed by atoms with Crippen LogP contribution in [0.15, 0.2) is 30.9 Å². The van der Waals surface area contributed by atoms with Gasteiger partial charge in [0.2, 0.25) is 0 Å². The molecule has 0 aromatic carbocycles. The average Bonchev–Trinajstić information content (AvgIpc) is 3.35. The van der Waals surface area contributed by atoms with Crippen molar-refractivity contribution in [1.29, 1.82) is 0 Å². The van der Waals surface area contributed by atoms with E-state index in [9.17, 15) is 4.79 Å². The smallest absolute Gasteiger partial charge is 0.250 e. The number of piperidine rings is 2. The van der Waals surface area contributed by atoms with Crippen molar-refractivity contribution in [3.05, 3.63) is 36.7 Å². The number of aromatic amines is 1. The molecule has 4 rings (SSSR count). The van der Waals surface area contributed by atoms with Gasteiger partial charge in [-0.05, 0) is 44.8 Å². The predicted molar refractivity (Wildman–Crippen MR) is 104 cm³/mol. The maximum Gasteiger partial charge on any atom is 0.250 e. The second kappa shape index (κ2) is 8.88. The Kier molecular flexibility index (Phi) is 7.08. The Labute approximate surface area is 165 Å². The Hall–Kier alpha value is -1.57. The summed E-state index contributed by atoms with van der Waals surface area (Å²) in [5, 5.41) is 7.78. The number of rotatable bonds is 3. The Balaban J connectivity index is 0.00000121. The van der Waals surface area contributed by atoms with Crippen LogP contribution in [0.25, 0.3) is 0 Å². The third-order valence-corrected chi connectivity index (χ3v) is 5.39. The first-order valence-corrected chi connectivity index (χ1v) is 8.79. The monoisotopic (exact) mass is 400 g/mol. The summed E-state index contributed by atoms with van der Waals surface area (Å²) >= 11 is 0. The molecule has 1 atom stereocenters. The summed E-state index contributed by atoms with van der Waals surface area (Å²) in [7, 11) is 0. The molecule has 144 valence electrons. The number of carbonyl (C=O) groups excluding carboxylic acids is 1. The average molecular weight is 401 g/mol. The number of hydrogen-bond donors (Lipinski definition) is 2. The minimum Gasteiger partial charge on any atom is -0.348 e. The highest BCUT2D eigenvalue weighted by Crippen LogP contribution is 2.32. The molecule has 2 aromatic rings. The first-order valence-electron chi connectivity index (χ1n) is 8.79. The molecule has 2 fully saturated rings. The van der Waals surface area contributed by atoms with Crippen LogP contribution in [0.3, 0.4) is 0 Å². The third kappa shape index (κ3) is 3.75. The minimum atomic E-state index is -0.542. The van der Waals surface area contributed by atoms with E-state index in [0.717, 1.165) is 57.7 Å². The number of H-pyrrole nitrogens is 1. The summed E-state index contributed by atoms with van der Waals surface area (Å²) in [4.78, 5) is 23.1. The van der Waals surface area contributed by atoms with E-state index < -0.39 is 5.54 Å². The van der Waals surface area contributed by atoms with Crippen LogP contribution in [-0.4, -0.2) is 56.7 Å². The van der Waals surface area contributed by atoms with Crippen LogP contribution in [0.1, 0.15) is 37.4 Å². The quantitative estimate of drug-likeness (QED) is 0.824. The molecule has 2 N–H and O–H groups in total. The fourth-order valence-corrected chi connectivity index (χ4v) is 4.08. The zero-order valence-electron chi connectivity index (χ0n) is 14.6. The van der Waals surface area contributed by atoms with Crippen LogP contribution in [-0.2, 0) is 10.3 Å². The summed E-state index contributed by atoms with van der Waals surface area (Å²) in [6, 6.07) is 1.90. The van der Waals surface area contributed by atoms with E-state index >= 15 is 0 Å². The molecule has 0 saturated carbocycles. The van der Waals surface area contributed by atoms with Crippen molar-refractivity contribution < 1.29 is 4.79 Å². The van der Waals surface area contributed by atoms with Gasteiger partial charge in [0.15, 0.2) is 0 Å². The van der Waals surface area contributed by atoms with Gasteiger partial charge in [-0.3, -0.25) is 9.48 Å². The van der Waals surface area contributed by atoms with Gasteiger partial charge in [-0.2, -0.15) is 5.10 Å². The van der Waals surface area contributed by atoms with E-state index in [4.69, 9.17) is 0 Å². The summed E-state index contributed by atoms with van der Waals surface area (Å²) < 4.78 is 1.88. The first kappa shape index (κ1) is 20.7. The fraction of sp³-hybridized carbons (Fsp3) is 0.588. The van der Waals surface area contributed by atoms with Gasteiger partial charge in [-0.15, -0.1) is 24.8 Å². The highest BCUT2D eigenvalue weighted by atomic mass is 35.5. The van der Waals surface area contributed by atoms with Crippen molar-refractivity contribution in [2.45, 2.75) is 37.1 Å². The Bertz CT molecular complexity index is 670. The van der Waals surface area contributed by atoms with Crippen molar-refractivity contribution in [3.63, 3.8) is 0 Å². The Morgan fingerprint density at radius 1 is 1.23 bits per heavy atom. The van der Waals surface area contributed by atoms with E-state index in [-0.39, 0.29) is 30.7 Å². The predicted octanol–water partition coefficient (Wildman–Crippen LogP) is 1.93. The van der Waals surface area contributed by atoms with E-state index in [0.29, 0.717) is 5.92 Å². The number of halogens is 2. The van der Waals surface area contributed by atoms with E-state index in [1.807, 2.05) is 28.0 Å². The highest BCUT2D eigenvalue weighted by molar-refractivity contribution is 5.86. The summed E-state index contributed by atoms with van der Waals surface area (Å²) in [5.41, 5.74) is -0.542. The van der Waals surface area contributed by atoms with Crippen LogP contribution < -0.4 is 5.32 Å². The number of nitrogens with zero attached hydrogens (tertiary/aromatic N) is 4. The van der Waals surface area contributed by atoms with Gasteiger partial charge >= 0.3 is 0 Å². The normalized spacial score (nSPS) is 22.2. The second-order valence-electron chi connectivity index (χ2n) is 6.80. The third-order valence-electron chi connectivity index (χ3n) is 5.39. The Morgan fingerprint density at radius 2 is 2.04 bits per heavy atom. The second-order valence-corrected chi connectivity index (χ2v) is 6.80. The topological polar surface area (TPSA) is 78.8 Å². The van der Waals surface area contributed by atoms with E-state index in [1.165, 1.54) is 0 Å². The number of aromatic nitrogens is 4. The Morgan fingerprint density at radius 3 is 2.69 bits per heavy atom. The molecule has 2 aliphatic heterocycles. The van der Waals surface area contributed by atoms with Gasteiger partial charge in [-0.25, -0.2) is 4.98 Å². The number of imidazole rings is 1. The molecule has 26 heavy (non-hydrogen) atoms. The number of hydrogen-bond acceptors (Lipinski definition) is 4. The van der Waals surface area contributed by atoms with Crippen molar-refractivity contribution in [1.82, 2.24) is 30.0 Å². The molecule has 1 amide bonds. The number of nitrogens with one attached hydrogen (secondary N) is 2. The largest absolute Gasteiger partial charge is 0.348 e. The maximum atomic E-state index is 13.5. The van der Waals surface area contributed by atoms with E-state index in [2.05, 4.69) is 20.4 Å². The molecule has 7 nitrogen and oxygen atoms in total. The van der Waals surface area contributed by atoms with Gasteiger partial charge in [0.05, 0.1) is 0 Å². The minimum absolute atomic E-state index is 0. The molecular formula is C17H26Cl2N6O. The lowest BCUT2D eigenvalue weighted by atomic mass is 9.85. The van der Waals surface area contributed by atoms with Gasteiger partial charge < -0.3 is 15.2 Å². The molecule has 0 spiro atoms. The van der Waals surface area contributed by atoms with Crippen LogP contribution in [0.2, 0.25) is 0 Å². The van der Waals surface area contributed by atoms with Gasteiger partial charge in [0, 0.05) is 43.8 Å². The van der Waals surface area contributed by atoms with Crippen LogP contribution in [0, 0.1) is 0 Å². The lowest BCUT2D eigenvalue weighted by molar-refractivity contribution is -0.144. The highest BCUT2D eigenvalue weighted by Gasteiger charge is 2.45. The van der Waals surface area contributed by atoms with Crippen molar-refractivity contribution in [3.8, 4) is 0 Å². The van der Waals surface area contributed by atoms with Gasteiger partial charge in [0.1, 0.15) is 11.4 Å². The molecule has 0 bridgehead atoms. The van der Waals surface area contributed by atoms with Crippen LogP contribution in [0.4, 0.5) is 0 Å². The van der Waals surface area contributed by atoms with Crippen LogP contribution >= 0.6 is 24.8 Å². The van der Waals surface area contributed by atoms with Crippen molar-refractivity contribution in [2.24, 2.45) is 0 Å². The molecule has 1 unspecified atom stereocenters. The van der Waals surface area contributed by atoms with E-state index in [1.54, 1.807) is 12.4 Å². The maximum absolute atomic E-state index is 13.5. The number of amides is 1. The fourth-order valence-electron chi connectivity index (χ4n) is 4.08. The molecule has 9 heteroatoms. The zero-order valence-corrected chi connectivity index (χ0v) is 16.3. The summed E-state index contributed by atoms with van der Waals surface area (Å²) in [5.74, 6) is 1.50. The standard InChI is InChI=1S/C17H24N6O.2ClH/c24-16(17(4-7-18-8-5-17)23-12-2-6-21-23)22-11-1-3-14(13-22)15-19-9-10-20-15;;/h2,6,9-10,12,14,18H,1,3-5,7-8,11,13H2,(H,19,20);2*1H.